The van der Waals surface area contributed by atoms with E-state index in [0.717, 1.165) is 0 Å². The summed E-state index contributed by atoms with van der Waals surface area (Å²) in [5.41, 5.74) is -1.23. The van der Waals surface area contributed by atoms with Crippen molar-refractivity contribution < 1.29 is 24.9 Å². The minimum atomic E-state index is -1.36. The Bertz CT molecular complexity index is 349. The van der Waals surface area contributed by atoms with Crippen LogP contribution in [0, 0.1) is 0 Å². The smallest absolute Gasteiger partial charge is 0.331 e. The molecule has 0 radical (unpaired) electrons. The van der Waals surface area contributed by atoms with E-state index in [4.69, 9.17) is 10.2 Å². The Morgan fingerprint density at radius 1 is 1.12 bits per heavy atom. The van der Waals surface area contributed by atoms with Crippen molar-refractivity contribution in [1.82, 2.24) is 0 Å². The third kappa shape index (κ3) is 5.31. The normalized spacial score (nSPS) is 16.8. The largest absolute Gasteiger partial charge is 0.478 e. The second-order valence-corrected chi connectivity index (χ2v) is 3.89. The van der Waals surface area contributed by atoms with Crippen molar-refractivity contribution in [2.45, 2.75) is 32.8 Å². The molecule has 0 saturated carbocycles. The number of hydrogen-bond donors (Lipinski definition) is 3. The molecule has 0 bridgehead atoms. The van der Waals surface area contributed by atoms with Crippen molar-refractivity contribution in [1.29, 1.82) is 0 Å². The topological polar surface area (TPSA) is 94.8 Å². The first-order valence-corrected chi connectivity index (χ1v) is 4.71. The Morgan fingerprint density at radius 3 is 1.94 bits per heavy atom. The summed E-state index contributed by atoms with van der Waals surface area (Å²) in [7, 11) is 0. The van der Waals surface area contributed by atoms with Crippen LogP contribution in [0.3, 0.4) is 0 Å². The second-order valence-electron chi connectivity index (χ2n) is 3.89. The van der Waals surface area contributed by atoms with E-state index in [1.54, 1.807) is 0 Å². The molecular weight excluding hydrogens is 212 g/mol. The van der Waals surface area contributed by atoms with E-state index in [0.29, 0.717) is 0 Å². The van der Waals surface area contributed by atoms with Crippen LogP contribution >= 0.6 is 0 Å². The second kappa shape index (κ2) is 5.46. The van der Waals surface area contributed by atoms with E-state index in [1.807, 2.05) is 0 Å². The molecule has 0 aliphatic rings. The van der Waals surface area contributed by atoms with Crippen LogP contribution in [0.1, 0.15) is 27.2 Å². The third-order valence-corrected chi connectivity index (χ3v) is 2.02. The molecule has 0 aromatic rings. The average molecular weight is 228 g/mol. The highest BCUT2D eigenvalue weighted by atomic mass is 16.4. The van der Waals surface area contributed by atoms with Gasteiger partial charge in [0.2, 0.25) is 0 Å². The van der Waals surface area contributed by atoms with Crippen LogP contribution < -0.4 is 0 Å². The van der Waals surface area contributed by atoms with Gasteiger partial charge in [-0.1, -0.05) is 6.08 Å². The molecule has 3 N–H and O–H groups in total. The molecule has 0 amide bonds. The zero-order valence-corrected chi connectivity index (χ0v) is 9.52. The summed E-state index contributed by atoms with van der Waals surface area (Å²) in [6.45, 7) is 4.20. The predicted molar refractivity (Wildman–Crippen MR) is 58.0 cm³/mol. The number of aliphatic carboxylic acids is 2. The molecule has 0 aromatic heterocycles. The van der Waals surface area contributed by atoms with E-state index in [1.165, 1.54) is 32.9 Å². The molecule has 0 fully saturated rings. The van der Waals surface area contributed by atoms with Gasteiger partial charge < -0.3 is 15.3 Å². The van der Waals surface area contributed by atoms with E-state index in [-0.39, 0.29) is 17.6 Å². The minimum absolute atomic E-state index is 0.0198. The molecule has 90 valence electrons. The highest BCUT2D eigenvalue weighted by molar-refractivity contribution is 5.86. The molecule has 5 nitrogen and oxygen atoms in total. The van der Waals surface area contributed by atoms with E-state index in [9.17, 15) is 14.7 Å². The number of carboxylic acids is 2. The maximum atomic E-state index is 10.5. The molecule has 0 aliphatic carbocycles. The molecule has 0 aromatic carbocycles. The van der Waals surface area contributed by atoms with Crippen LogP contribution in [0.2, 0.25) is 0 Å². The molecule has 16 heavy (non-hydrogen) atoms. The number of hydrogen-bond acceptors (Lipinski definition) is 3. The minimum Gasteiger partial charge on any atom is -0.478 e. The summed E-state index contributed by atoms with van der Waals surface area (Å²) in [6.07, 6.45) is 2.60. The van der Waals surface area contributed by atoms with Gasteiger partial charge in [-0.3, -0.25) is 0 Å². The van der Waals surface area contributed by atoms with E-state index >= 15 is 0 Å². The SMILES string of the molecule is CC(=CCC(C)(O)C=C(C)C(=O)O)C(=O)O. The highest BCUT2D eigenvalue weighted by Gasteiger charge is 2.18. The van der Waals surface area contributed by atoms with Crippen molar-refractivity contribution >= 4 is 11.9 Å². The van der Waals surface area contributed by atoms with Gasteiger partial charge in [0, 0.05) is 11.1 Å². The van der Waals surface area contributed by atoms with Gasteiger partial charge >= 0.3 is 11.9 Å². The zero-order chi connectivity index (χ0) is 12.9. The van der Waals surface area contributed by atoms with Crippen molar-refractivity contribution in [3.05, 3.63) is 23.3 Å². The Balaban J connectivity index is 4.71. The quantitative estimate of drug-likeness (QED) is 0.614. The van der Waals surface area contributed by atoms with Gasteiger partial charge in [0.1, 0.15) is 0 Å². The van der Waals surface area contributed by atoms with Crippen LogP contribution in [-0.4, -0.2) is 32.9 Å². The summed E-state index contributed by atoms with van der Waals surface area (Å²) < 4.78 is 0. The highest BCUT2D eigenvalue weighted by Crippen LogP contribution is 2.16. The number of rotatable bonds is 5. The Hall–Kier alpha value is -1.62. The molecular formula is C11H16O5. The Kier molecular flexibility index (Phi) is 4.91. The zero-order valence-electron chi connectivity index (χ0n) is 9.52. The lowest BCUT2D eigenvalue weighted by molar-refractivity contribution is -0.133. The fraction of sp³-hybridized carbons (Fsp3) is 0.455. The van der Waals surface area contributed by atoms with E-state index in [2.05, 4.69) is 0 Å². The molecule has 1 atom stereocenters. The summed E-state index contributed by atoms with van der Waals surface area (Å²) in [5.74, 6) is -2.17. The summed E-state index contributed by atoms with van der Waals surface area (Å²) >= 11 is 0. The monoisotopic (exact) mass is 228 g/mol. The number of carbonyl (C=O) groups is 2. The predicted octanol–water partition coefficient (Wildman–Crippen LogP) is 1.19. The first-order valence-electron chi connectivity index (χ1n) is 4.71. The van der Waals surface area contributed by atoms with Crippen molar-refractivity contribution in [2.24, 2.45) is 0 Å². The molecule has 0 heterocycles. The fourth-order valence-corrected chi connectivity index (χ4v) is 1.03. The van der Waals surface area contributed by atoms with Crippen LogP contribution in [-0.2, 0) is 9.59 Å². The number of carboxylic acid groups (broad SMARTS) is 2. The molecule has 5 heteroatoms. The lowest BCUT2D eigenvalue weighted by Crippen LogP contribution is -2.21. The Morgan fingerprint density at radius 2 is 1.56 bits per heavy atom. The summed E-state index contributed by atoms with van der Waals surface area (Å²) in [5, 5.41) is 27.0. The molecule has 0 spiro atoms. The standard InChI is InChI=1S/C11H16O5/c1-7(9(12)13)4-5-11(3,16)6-8(2)10(14)15/h4,6,16H,5H2,1-3H3,(H,12,13)(H,14,15). The van der Waals surface area contributed by atoms with Gasteiger partial charge in [0.15, 0.2) is 0 Å². The maximum Gasteiger partial charge on any atom is 0.331 e. The average Bonchev–Trinajstić information content (AvgIpc) is 2.13. The van der Waals surface area contributed by atoms with Gasteiger partial charge in [-0.25, -0.2) is 9.59 Å². The van der Waals surface area contributed by atoms with E-state index < -0.39 is 17.5 Å². The maximum absolute atomic E-state index is 10.5. The number of aliphatic hydroxyl groups is 1. The molecule has 0 aliphatic heterocycles. The van der Waals surface area contributed by atoms with Crippen LogP contribution in [0.25, 0.3) is 0 Å². The first-order chi connectivity index (χ1) is 7.15. The lowest BCUT2D eigenvalue weighted by Gasteiger charge is -2.17. The van der Waals surface area contributed by atoms with Crippen molar-refractivity contribution in [2.75, 3.05) is 0 Å². The van der Waals surface area contributed by atoms with Crippen LogP contribution in [0.4, 0.5) is 0 Å². The van der Waals surface area contributed by atoms with Crippen molar-refractivity contribution in [3.8, 4) is 0 Å². The van der Waals surface area contributed by atoms with Crippen molar-refractivity contribution in [3.63, 3.8) is 0 Å². The lowest BCUT2D eigenvalue weighted by atomic mass is 9.98. The van der Waals surface area contributed by atoms with Gasteiger partial charge in [-0.15, -0.1) is 0 Å². The van der Waals surface area contributed by atoms with Crippen LogP contribution in [0.15, 0.2) is 23.3 Å². The fourth-order valence-electron chi connectivity index (χ4n) is 1.03. The molecule has 1 unspecified atom stereocenters. The Labute approximate surface area is 93.7 Å². The van der Waals surface area contributed by atoms with Gasteiger partial charge in [-0.2, -0.15) is 0 Å². The molecule has 0 saturated heterocycles. The van der Waals surface area contributed by atoms with Gasteiger partial charge in [-0.05, 0) is 33.3 Å². The summed E-state index contributed by atoms with van der Waals surface area (Å²) in [6, 6.07) is 0. The van der Waals surface area contributed by atoms with Gasteiger partial charge in [0.25, 0.3) is 0 Å². The van der Waals surface area contributed by atoms with Crippen LogP contribution in [0.5, 0.6) is 0 Å². The van der Waals surface area contributed by atoms with Gasteiger partial charge in [0.05, 0.1) is 5.60 Å². The summed E-state index contributed by atoms with van der Waals surface area (Å²) in [4.78, 5) is 21.0. The first kappa shape index (κ1) is 14.4. The molecule has 0 rings (SSSR count). The third-order valence-electron chi connectivity index (χ3n) is 2.02.